The number of anilines is 1. The first-order chi connectivity index (χ1) is 9.94. The summed E-state index contributed by atoms with van der Waals surface area (Å²) in [5.74, 6) is 1.35. The van der Waals surface area contributed by atoms with E-state index in [1.54, 1.807) is 12.1 Å². The van der Waals surface area contributed by atoms with Crippen LogP contribution in [0.2, 0.25) is 0 Å². The van der Waals surface area contributed by atoms with E-state index in [-0.39, 0.29) is 5.75 Å². The molecule has 116 valence electrons. The van der Waals surface area contributed by atoms with Gasteiger partial charge in [0.1, 0.15) is 5.75 Å². The summed E-state index contributed by atoms with van der Waals surface area (Å²) in [6.45, 7) is 2.82. The van der Waals surface area contributed by atoms with E-state index < -0.39 is 6.61 Å². The first-order valence-corrected chi connectivity index (χ1v) is 7.77. The molecule has 1 aliphatic heterocycles. The Hall–Kier alpha value is -1.32. The first-order valence-electron chi connectivity index (χ1n) is 7.77. The Labute approximate surface area is 124 Å². The molecule has 0 aromatic heterocycles. The number of alkyl halides is 2. The Bertz CT molecular complexity index is 506. The molecule has 1 N–H and O–H groups in total. The fourth-order valence-electron chi connectivity index (χ4n) is 3.76. The van der Waals surface area contributed by atoms with Crippen molar-refractivity contribution in [3.05, 3.63) is 23.8 Å². The summed E-state index contributed by atoms with van der Waals surface area (Å²) in [5, 5.41) is 3.41. The average Bonchev–Trinajstić information content (AvgIpc) is 2.81. The summed E-state index contributed by atoms with van der Waals surface area (Å²) in [7, 11) is 0. The minimum absolute atomic E-state index is 0.272. The summed E-state index contributed by atoms with van der Waals surface area (Å²) in [5.41, 5.74) is 2.68. The second-order valence-corrected chi connectivity index (χ2v) is 7.12. The number of halogens is 2. The van der Waals surface area contributed by atoms with E-state index in [1.807, 2.05) is 6.07 Å². The lowest BCUT2D eigenvalue weighted by Crippen LogP contribution is -2.26. The second-order valence-electron chi connectivity index (χ2n) is 7.12. The zero-order valence-corrected chi connectivity index (χ0v) is 12.7. The van der Waals surface area contributed by atoms with Gasteiger partial charge < -0.3 is 10.1 Å². The fourth-order valence-corrected chi connectivity index (χ4v) is 3.76. The number of rotatable bonds is 3. The highest BCUT2D eigenvalue weighted by atomic mass is 19.3. The van der Waals surface area contributed by atoms with Crippen LogP contribution >= 0.6 is 0 Å². The number of ether oxygens (including phenoxy) is 1. The molecule has 0 amide bonds. The zero-order chi connectivity index (χ0) is 15.0. The third-order valence-corrected chi connectivity index (χ3v) is 5.11. The van der Waals surface area contributed by atoms with Crippen LogP contribution < -0.4 is 10.1 Å². The Balaban J connectivity index is 1.76. The van der Waals surface area contributed by atoms with Crippen LogP contribution in [0.5, 0.6) is 5.75 Å². The van der Waals surface area contributed by atoms with Crippen LogP contribution in [0, 0.1) is 11.3 Å². The van der Waals surface area contributed by atoms with Crippen molar-refractivity contribution >= 4 is 5.69 Å². The molecule has 0 saturated heterocycles. The van der Waals surface area contributed by atoms with Crippen molar-refractivity contribution in [1.29, 1.82) is 0 Å². The minimum Gasteiger partial charge on any atom is -0.435 e. The van der Waals surface area contributed by atoms with Crippen LogP contribution in [0.4, 0.5) is 14.5 Å². The van der Waals surface area contributed by atoms with E-state index in [4.69, 9.17) is 0 Å². The van der Waals surface area contributed by atoms with Gasteiger partial charge in [-0.05, 0) is 60.8 Å². The van der Waals surface area contributed by atoms with Gasteiger partial charge in [0.2, 0.25) is 0 Å². The van der Waals surface area contributed by atoms with Gasteiger partial charge in [0.25, 0.3) is 0 Å². The van der Waals surface area contributed by atoms with Gasteiger partial charge in [-0.2, -0.15) is 8.78 Å². The Morgan fingerprint density at radius 3 is 2.62 bits per heavy atom. The molecule has 21 heavy (non-hydrogen) atoms. The smallest absolute Gasteiger partial charge is 0.387 e. The quantitative estimate of drug-likeness (QED) is 0.846. The number of nitrogens with one attached hydrogen (secondary N) is 1. The van der Waals surface area contributed by atoms with Crippen molar-refractivity contribution in [2.24, 2.45) is 11.3 Å². The summed E-state index contributed by atoms with van der Waals surface area (Å²) >= 11 is 0. The second kappa shape index (κ2) is 5.47. The van der Waals surface area contributed by atoms with Crippen molar-refractivity contribution in [1.82, 2.24) is 0 Å². The lowest BCUT2D eigenvalue weighted by Gasteiger charge is -2.37. The molecule has 1 unspecified atom stereocenters. The summed E-state index contributed by atoms with van der Waals surface area (Å²) in [6.07, 6.45) is 4.94. The molecular formula is C17H23F2NO. The highest BCUT2D eigenvalue weighted by Gasteiger charge is 2.35. The highest BCUT2D eigenvalue weighted by molar-refractivity contribution is 5.60. The SMILES string of the molecule is CC1(C)CCC(C2CNc3ccc(OC(F)F)cc32)CC1. The van der Waals surface area contributed by atoms with Gasteiger partial charge in [-0.25, -0.2) is 0 Å². The zero-order valence-electron chi connectivity index (χ0n) is 12.7. The Morgan fingerprint density at radius 1 is 1.24 bits per heavy atom. The standard InChI is InChI=1S/C17H23F2NO/c1-17(2)7-5-11(6-8-17)14-10-20-15-4-3-12(9-13(14)15)21-16(18)19/h3-4,9,11,14,16,20H,5-8,10H2,1-2H3. The molecule has 1 aromatic rings. The molecule has 1 heterocycles. The lowest BCUT2D eigenvalue weighted by molar-refractivity contribution is -0.0498. The maximum atomic E-state index is 12.4. The molecule has 2 aliphatic rings. The molecule has 1 aliphatic carbocycles. The molecule has 1 atom stereocenters. The van der Waals surface area contributed by atoms with Gasteiger partial charge in [0.05, 0.1) is 0 Å². The summed E-state index contributed by atoms with van der Waals surface area (Å²) in [6, 6.07) is 5.27. The van der Waals surface area contributed by atoms with Crippen LogP contribution in [-0.4, -0.2) is 13.2 Å². The van der Waals surface area contributed by atoms with Crippen molar-refractivity contribution in [2.75, 3.05) is 11.9 Å². The van der Waals surface area contributed by atoms with Crippen LogP contribution in [-0.2, 0) is 0 Å². The minimum atomic E-state index is -2.76. The van der Waals surface area contributed by atoms with Gasteiger partial charge in [0.15, 0.2) is 0 Å². The number of hydrogen-bond donors (Lipinski definition) is 1. The van der Waals surface area contributed by atoms with Gasteiger partial charge in [-0.1, -0.05) is 13.8 Å². The van der Waals surface area contributed by atoms with Crippen molar-refractivity contribution < 1.29 is 13.5 Å². The number of benzene rings is 1. The maximum Gasteiger partial charge on any atom is 0.387 e. The molecule has 0 bridgehead atoms. The summed E-state index contributed by atoms with van der Waals surface area (Å²) < 4.78 is 29.3. The molecule has 1 saturated carbocycles. The van der Waals surface area contributed by atoms with E-state index in [1.165, 1.54) is 25.7 Å². The lowest BCUT2D eigenvalue weighted by atomic mass is 9.68. The molecule has 3 rings (SSSR count). The molecular weight excluding hydrogens is 272 g/mol. The summed E-state index contributed by atoms with van der Waals surface area (Å²) in [4.78, 5) is 0. The number of hydrogen-bond acceptors (Lipinski definition) is 2. The highest BCUT2D eigenvalue weighted by Crippen LogP contribution is 2.47. The third kappa shape index (κ3) is 3.14. The molecule has 4 heteroatoms. The van der Waals surface area contributed by atoms with Crippen LogP contribution in [0.25, 0.3) is 0 Å². The van der Waals surface area contributed by atoms with Gasteiger partial charge in [-0.3, -0.25) is 0 Å². The van der Waals surface area contributed by atoms with Crippen LogP contribution in [0.15, 0.2) is 18.2 Å². The van der Waals surface area contributed by atoms with E-state index in [0.29, 0.717) is 17.3 Å². The third-order valence-electron chi connectivity index (χ3n) is 5.11. The molecule has 0 radical (unpaired) electrons. The van der Waals surface area contributed by atoms with E-state index in [2.05, 4.69) is 23.9 Å². The van der Waals surface area contributed by atoms with Crippen molar-refractivity contribution in [3.8, 4) is 5.75 Å². The van der Waals surface area contributed by atoms with Crippen molar-refractivity contribution in [2.45, 2.75) is 52.1 Å². The molecule has 1 fully saturated rings. The van der Waals surface area contributed by atoms with Crippen LogP contribution in [0.1, 0.15) is 51.0 Å². The topological polar surface area (TPSA) is 21.3 Å². The van der Waals surface area contributed by atoms with Crippen LogP contribution in [0.3, 0.4) is 0 Å². The molecule has 2 nitrogen and oxygen atoms in total. The van der Waals surface area contributed by atoms with E-state index >= 15 is 0 Å². The van der Waals surface area contributed by atoms with E-state index in [0.717, 1.165) is 17.8 Å². The largest absolute Gasteiger partial charge is 0.435 e. The van der Waals surface area contributed by atoms with Gasteiger partial charge in [0, 0.05) is 18.2 Å². The average molecular weight is 295 g/mol. The Morgan fingerprint density at radius 2 is 1.95 bits per heavy atom. The van der Waals surface area contributed by atoms with Crippen molar-refractivity contribution in [3.63, 3.8) is 0 Å². The van der Waals surface area contributed by atoms with Gasteiger partial charge >= 0.3 is 6.61 Å². The maximum absolute atomic E-state index is 12.4. The monoisotopic (exact) mass is 295 g/mol. The normalized spacial score (nSPS) is 24.7. The van der Waals surface area contributed by atoms with Gasteiger partial charge in [-0.15, -0.1) is 0 Å². The fraction of sp³-hybridized carbons (Fsp3) is 0.647. The molecule has 1 aromatic carbocycles. The van der Waals surface area contributed by atoms with E-state index in [9.17, 15) is 8.78 Å². The predicted molar refractivity (Wildman–Crippen MR) is 80.0 cm³/mol. The number of fused-ring (bicyclic) bond motifs is 1. The predicted octanol–water partition coefficient (Wildman–Crippen LogP) is 5.01. The first kappa shape index (κ1) is 14.6. The molecule has 0 spiro atoms. The Kier molecular flexibility index (Phi) is 3.80.